The van der Waals surface area contributed by atoms with Crippen LogP contribution in [0.5, 0.6) is 0 Å². The van der Waals surface area contributed by atoms with Gasteiger partial charge in [-0.1, -0.05) is 363 Å². The molecular formula is C80H156O17P2. The molecule has 0 aromatic heterocycles. The third-order valence-electron chi connectivity index (χ3n) is 19.0. The van der Waals surface area contributed by atoms with Crippen molar-refractivity contribution >= 4 is 39.5 Å². The van der Waals surface area contributed by atoms with Crippen molar-refractivity contribution in [3.05, 3.63) is 0 Å². The van der Waals surface area contributed by atoms with E-state index in [1.54, 1.807) is 0 Å². The summed E-state index contributed by atoms with van der Waals surface area (Å²) in [5.74, 6) is 0.283. The molecule has 3 unspecified atom stereocenters. The molecule has 0 aliphatic heterocycles. The molecule has 0 bridgehead atoms. The first-order valence-electron chi connectivity index (χ1n) is 41.4. The average molecular weight is 1450 g/mol. The van der Waals surface area contributed by atoms with Crippen LogP contribution in [-0.2, 0) is 65.4 Å². The van der Waals surface area contributed by atoms with E-state index in [-0.39, 0.29) is 25.7 Å². The summed E-state index contributed by atoms with van der Waals surface area (Å²) in [6, 6.07) is 0. The van der Waals surface area contributed by atoms with Crippen LogP contribution in [0.3, 0.4) is 0 Å². The normalized spacial score (nSPS) is 14.3. The van der Waals surface area contributed by atoms with Crippen molar-refractivity contribution in [1.29, 1.82) is 0 Å². The summed E-state index contributed by atoms with van der Waals surface area (Å²) < 4.78 is 68.7. The predicted octanol–water partition coefficient (Wildman–Crippen LogP) is 23.7. The number of ether oxygens (including phenoxy) is 4. The van der Waals surface area contributed by atoms with Gasteiger partial charge >= 0.3 is 39.5 Å². The molecular weight excluding hydrogens is 1290 g/mol. The highest BCUT2D eigenvalue weighted by atomic mass is 31.2. The number of phosphoric ester groups is 2. The number of hydrogen-bond donors (Lipinski definition) is 3. The summed E-state index contributed by atoms with van der Waals surface area (Å²) in [6.45, 7) is 12.0. The van der Waals surface area contributed by atoms with Crippen LogP contribution < -0.4 is 0 Å². The summed E-state index contributed by atoms with van der Waals surface area (Å²) in [4.78, 5) is 73.0. The van der Waals surface area contributed by atoms with Crippen LogP contribution in [-0.4, -0.2) is 96.7 Å². The van der Waals surface area contributed by atoms with E-state index in [0.29, 0.717) is 25.7 Å². The summed E-state index contributed by atoms with van der Waals surface area (Å²) in [6.07, 6.45) is 58.0. The van der Waals surface area contributed by atoms with Gasteiger partial charge in [-0.2, -0.15) is 0 Å². The molecule has 17 nitrogen and oxygen atoms in total. The Labute approximate surface area is 607 Å². The lowest BCUT2D eigenvalue weighted by atomic mass is 9.99. The highest BCUT2D eigenvalue weighted by Crippen LogP contribution is 2.45. The fraction of sp³-hybridized carbons (Fsp3) is 0.950. The second kappa shape index (κ2) is 70.4. The Morgan fingerprint density at radius 3 is 0.768 bits per heavy atom. The molecule has 0 radical (unpaired) electrons. The van der Waals surface area contributed by atoms with Gasteiger partial charge in [0.1, 0.15) is 19.3 Å². The van der Waals surface area contributed by atoms with Crippen molar-refractivity contribution in [3.8, 4) is 0 Å². The maximum atomic E-state index is 13.1. The monoisotopic (exact) mass is 1450 g/mol. The first-order valence-corrected chi connectivity index (χ1v) is 44.4. The minimum atomic E-state index is -4.96. The van der Waals surface area contributed by atoms with Crippen LogP contribution in [0.1, 0.15) is 414 Å². The Bertz CT molecular complexity index is 1920. The molecule has 0 saturated carbocycles. The summed E-state index contributed by atoms with van der Waals surface area (Å²) >= 11 is 0. The van der Waals surface area contributed by atoms with Crippen LogP contribution in [0.25, 0.3) is 0 Å². The lowest BCUT2D eigenvalue weighted by Gasteiger charge is -2.21. The van der Waals surface area contributed by atoms with Gasteiger partial charge in [-0.25, -0.2) is 9.13 Å². The zero-order valence-electron chi connectivity index (χ0n) is 65.0. The molecule has 0 aliphatic rings. The smallest absolute Gasteiger partial charge is 0.462 e. The average Bonchev–Trinajstić information content (AvgIpc) is 0.989. The molecule has 6 atom stereocenters. The van der Waals surface area contributed by atoms with Gasteiger partial charge in [0.05, 0.1) is 26.4 Å². The molecule has 0 spiro atoms. The third-order valence-corrected chi connectivity index (χ3v) is 20.9. The van der Waals surface area contributed by atoms with E-state index in [1.165, 1.54) is 225 Å². The van der Waals surface area contributed by atoms with Crippen molar-refractivity contribution in [1.82, 2.24) is 0 Å². The van der Waals surface area contributed by atoms with Gasteiger partial charge in [0.2, 0.25) is 0 Å². The van der Waals surface area contributed by atoms with E-state index in [9.17, 15) is 43.2 Å². The SMILES string of the molecule is CCCCCCCCCCCCCCC(=O)OC[C@H](COP(=O)(O)OC[C@H](O)COP(=O)(O)OC[C@@H](COC(=O)CCCCCCCCCCCCCCC(C)C)OC(=O)CCCCCCCCCCCCCCCCC(C)CC)OC(=O)CCCCCCCCCCCCCC(C)C. The molecule has 3 N–H and O–H groups in total. The Morgan fingerprint density at radius 2 is 0.515 bits per heavy atom. The Kier molecular flexibility index (Phi) is 69.0. The van der Waals surface area contributed by atoms with Crippen molar-refractivity contribution in [2.75, 3.05) is 39.6 Å². The Hall–Kier alpha value is -1.94. The number of unbranched alkanes of at least 4 members (excludes halogenated alkanes) is 45. The molecule has 0 aliphatic carbocycles. The molecule has 0 amide bonds. The van der Waals surface area contributed by atoms with E-state index in [1.807, 2.05) is 0 Å². The predicted molar refractivity (Wildman–Crippen MR) is 405 cm³/mol. The van der Waals surface area contributed by atoms with Gasteiger partial charge in [0, 0.05) is 25.7 Å². The van der Waals surface area contributed by atoms with Crippen LogP contribution in [0.2, 0.25) is 0 Å². The maximum Gasteiger partial charge on any atom is 0.472 e. The second-order valence-electron chi connectivity index (χ2n) is 30.0. The topological polar surface area (TPSA) is 237 Å². The molecule has 0 aromatic carbocycles. The number of hydrogen-bond acceptors (Lipinski definition) is 15. The maximum absolute atomic E-state index is 13.1. The molecule has 19 heteroatoms. The Balaban J connectivity index is 5.27. The van der Waals surface area contributed by atoms with E-state index in [2.05, 4.69) is 48.5 Å². The number of carbonyl (C=O) groups is 4. The highest BCUT2D eigenvalue weighted by molar-refractivity contribution is 7.47. The summed E-state index contributed by atoms with van der Waals surface area (Å²) in [5.41, 5.74) is 0. The lowest BCUT2D eigenvalue weighted by molar-refractivity contribution is -0.161. The van der Waals surface area contributed by atoms with Gasteiger partial charge in [-0.05, 0) is 43.4 Å². The minimum Gasteiger partial charge on any atom is -0.462 e. The van der Waals surface area contributed by atoms with Crippen LogP contribution in [0.15, 0.2) is 0 Å². The largest absolute Gasteiger partial charge is 0.472 e. The molecule has 99 heavy (non-hydrogen) atoms. The second-order valence-corrected chi connectivity index (χ2v) is 32.9. The van der Waals surface area contributed by atoms with Crippen molar-refractivity contribution in [2.24, 2.45) is 17.8 Å². The van der Waals surface area contributed by atoms with Gasteiger partial charge in [0.25, 0.3) is 0 Å². The molecule has 0 heterocycles. The summed E-state index contributed by atoms with van der Waals surface area (Å²) in [5, 5.41) is 10.6. The van der Waals surface area contributed by atoms with Gasteiger partial charge in [-0.15, -0.1) is 0 Å². The third kappa shape index (κ3) is 72.8. The number of carbonyl (C=O) groups excluding carboxylic acids is 4. The molecule has 0 aromatic rings. The zero-order valence-corrected chi connectivity index (χ0v) is 66.8. The quantitative estimate of drug-likeness (QED) is 0.0222. The first kappa shape index (κ1) is 97.1. The van der Waals surface area contributed by atoms with Crippen molar-refractivity contribution < 1.29 is 80.2 Å². The molecule has 0 fully saturated rings. The van der Waals surface area contributed by atoms with Crippen LogP contribution in [0, 0.1) is 17.8 Å². The zero-order chi connectivity index (χ0) is 73.0. The van der Waals surface area contributed by atoms with Gasteiger partial charge in [-0.3, -0.25) is 37.3 Å². The first-order chi connectivity index (χ1) is 47.8. The van der Waals surface area contributed by atoms with Crippen LogP contribution in [0.4, 0.5) is 0 Å². The molecule has 0 saturated heterocycles. The van der Waals surface area contributed by atoms with E-state index in [4.69, 9.17) is 37.0 Å². The number of aliphatic hydroxyl groups is 1. The van der Waals surface area contributed by atoms with Gasteiger partial charge < -0.3 is 33.8 Å². The van der Waals surface area contributed by atoms with E-state index >= 15 is 0 Å². The Morgan fingerprint density at radius 1 is 0.293 bits per heavy atom. The van der Waals surface area contributed by atoms with Crippen molar-refractivity contribution in [3.63, 3.8) is 0 Å². The van der Waals surface area contributed by atoms with Crippen LogP contribution >= 0.6 is 15.6 Å². The molecule has 0 rings (SSSR count). The summed E-state index contributed by atoms with van der Waals surface area (Å²) in [7, 11) is -9.92. The molecule has 588 valence electrons. The van der Waals surface area contributed by atoms with E-state index in [0.717, 1.165) is 108 Å². The minimum absolute atomic E-state index is 0.107. The number of aliphatic hydroxyl groups excluding tert-OH is 1. The lowest BCUT2D eigenvalue weighted by Crippen LogP contribution is -2.30. The number of esters is 4. The number of phosphoric acid groups is 2. The van der Waals surface area contributed by atoms with E-state index < -0.39 is 97.5 Å². The standard InChI is InChI=1S/C80H156O17P2/c1-8-10-11-12-13-14-15-26-33-40-47-54-61-77(82)90-67-76(97-80(85)64-57-50-43-36-29-22-24-31-38-45-52-59-72(5)6)70-95-99(88,89)93-66-74(81)65-92-98(86,87)94-69-75(68-91-78(83)62-55-48-41-34-27-21-20-23-30-37-44-51-58-71(3)4)96-79(84)63-56-49-42-35-28-19-17-16-18-25-32-39-46-53-60-73(7)9-2/h71-76,81H,8-70H2,1-7H3,(H,86,87)(H,88,89)/t73?,74-,75-,76-/m1/s1. The fourth-order valence-electron chi connectivity index (χ4n) is 12.3. The highest BCUT2D eigenvalue weighted by Gasteiger charge is 2.30. The fourth-order valence-corrected chi connectivity index (χ4v) is 13.9. The van der Waals surface area contributed by atoms with Crippen molar-refractivity contribution in [2.45, 2.75) is 433 Å². The van der Waals surface area contributed by atoms with Gasteiger partial charge in [0.15, 0.2) is 12.2 Å². The number of rotatable bonds is 78.